The SMILES string of the molecule is CCOc1nc(C)c2nc(-c3cncc(F)c3)n(CC3=CNCC=C3)c2n1. The van der Waals surface area contributed by atoms with Crippen LogP contribution in [0.3, 0.4) is 0 Å². The summed E-state index contributed by atoms with van der Waals surface area (Å²) in [4.78, 5) is 17.6. The van der Waals surface area contributed by atoms with E-state index >= 15 is 0 Å². The van der Waals surface area contributed by atoms with Crippen LogP contribution in [-0.4, -0.2) is 37.7 Å². The van der Waals surface area contributed by atoms with E-state index in [1.165, 1.54) is 12.3 Å². The molecule has 8 heteroatoms. The van der Waals surface area contributed by atoms with Crippen molar-refractivity contribution in [2.75, 3.05) is 13.2 Å². The second kappa shape index (κ2) is 7.14. The van der Waals surface area contributed by atoms with Gasteiger partial charge >= 0.3 is 6.01 Å². The number of fused-ring (bicyclic) bond motifs is 1. The van der Waals surface area contributed by atoms with Crippen molar-refractivity contribution in [3.05, 3.63) is 53.9 Å². The summed E-state index contributed by atoms with van der Waals surface area (Å²) in [5, 5.41) is 3.19. The molecule has 3 aromatic rings. The topological polar surface area (TPSA) is 77.8 Å². The molecule has 0 atom stereocenters. The van der Waals surface area contributed by atoms with E-state index in [0.29, 0.717) is 47.4 Å². The molecule has 0 saturated carbocycles. The van der Waals surface area contributed by atoms with Crippen molar-refractivity contribution in [3.8, 4) is 17.4 Å². The van der Waals surface area contributed by atoms with E-state index in [4.69, 9.17) is 9.72 Å². The summed E-state index contributed by atoms with van der Waals surface area (Å²) in [6.07, 6.45) is 8.82. The van der Waals surface area contributed by atoms with E-state index in [-0.39, 0.29) is 0 Å². The molecule has 0 fully saturated rings. The second-order valence-corrected chi connectivity index (χ2v) is 6.14. The Kier molecular flexibility index (Phi) is 4.53. The number of nitrogens with zero attached hydrogens (tertiary/aromatic N) is 5. The molecule has 0 spiro atoms. The van der Waals surface area contributed by atoms with E-state index in [1.807, 2.05) is 36.8 Å². The Morgan fingerprint density at radius 2 is 2.15 bits per heavy atom. The van der Waals surface area contributed by atoms with E-state index in [1.54, 1.807) is 6.20 Å². The van der Waals surface area contributed by atoms with Crippen LogP contribution in [0.4, 0.5) is 4.39 Å². The molecule has 0 saturated heterocycles. The van der Waals surface area contributed by atoms with E-state index in [0.717, 1.165) is 12.1 Å². The summed E-state index contributed by atoms with van der Waals surface area (Å²) in [6, 6.07) is 1.72. The molecule has 0 aromatic carbocycles. The van der Waals surface area contributed by atoms with E-state index in [2.05, 4.69) is 20.3 Å². The molecule has 1 aliphatic heterocycles. The van der Waals surface area contributed by atoms with Gasteiger partial charge in [0.2, 0.25) is 0 Å². The molecular weight excluding hydrogens is 347 g/mol. The highest BCUT2D eigenvalue weighted by atomic mass is 19.1. The zero-order chi connectivity index (χ0) is 18.8. The molecule has 0 bridgehead atoms. The normalized spacial score (nSPS) is 13.5. The van der Waals surface area contributed by atoms with E-state index < -0.39 is 5.82 Å². The zero-order valence-electron chi connectivity index (χ0n) is 15.1. The predicted octanol–water partition coefficient (Wildman–Crippen LogP) is 2.78. The zero-order valence-corrected chi connectivity index (χ0v) is 15.1. The van der Waals surface area contributed by atoms with Gasteiger partial charge in [0, 0.05) is 24.5 Å². The lowest BCUT2D eigenvalue weighted by Gasteiger charge is -2.13. The summed E-state index contributed by atoms with van der Waals surface area (Å²) in [6.45, 7) is 5.53. The standard InChI is InChI=1S/C19H19FN6O/c1-3-27-19-23-12(2)16-18(25-19)26(11-13-5-4-6-21-8-13)17(24-16)14-7-15(20)10-22-9-14/h4-5,7-10,21H,3,6,11H2,1-2H3. The van der Waals surface area contributed by atoms with Crippen LogP contribution in [0.25, 0.3) is 22.6 Å². The number of ether oxygens (including phenoxy) is 1. The summed E-state index contributed by atoms with van der Waals surface area (Å²) >= 11 is 0. The molecule has 1 aliphatic rings. The van der Waals surface area contributed by atoms with Gasteiger partial charge in [-0.15, -0.1) is 0 Å². The average Bonchev–Trinajstić information content (AvgIpc) is 3.02. The molecule has 0 radical (unpaired) electrons. The summed E-state index contributed by atoms with van der Waals surface area (Å²) in [5.41, 5.74) is 3.65. The van der Waals surface area contributed by atoms with Crippen LogP contribution in [0, 0.1) is 12.7 Å². The number of pyridine rings is 1. The van der Waals surface area contributed by atoms with Crippen molar-refractivity contribution in [1.82, 2.24) is 29.8 Å². The van der Waals surface area contributed by atoms with Gasteiger partial charge in [-0.3, -0.25) is 4.98 Å². The number of imidazole rings is 1. The molecule has 27 heavy (non-hydrogen) atoms. The third-order valence-corrected chi connectivity index (χ3v) is 4.18. The van der Waals surface area contributed by atoms with Crippen molar-refractivity contribution in [3.63, 3.8) is 0 Å². The van der Waals surface area contributed by atoms with Crippen LogP contribution in [0.1, 0.15) is 12.6 Å². The second-order valence-electron chi connectivity index (χ2n) is 6.14. The fraction of sp³-hybridized carbons (Fsp3) is 0.263. The van der Waals surface area contributed by atoms with Gasteiger partial charge in [-0.1, -0.05) is 12.2 Å². The first-order chi connectivity index (χ1) is 13.2. The minimum atomic E-state index is -0.414. The lowest BCUT2D eigenvalue weighted by Crippen LogP contribution is -2.13. The van der Waals surface area contributed by atoms with Crippen LogP contribution >= 0.6 is 0 Å². The minimum Gasteiger partial charge on any atom is -0.464 e. The highest BCUT2D eigenvalue weighted by Gasteiger charge is 2.19. The molecule has 7 nitrogen and oxygen atoms in total. The largest absolute Gasteiger partial charge is 0.464 e. The molecule has 0 aliphatic carbocycles. The smallest absolute Gasteiger partial charge is 0.318 e. The Hall–Kier alpha value is -3.29. The van der Waals surface area contributed by atoms with Gasteiger partial charge in [-0.05, 0) is 25.5 Å². The molecule has 0 unspecified atom stereocenters. The van der Waals surface area contributed by atoms with Crippen molar-refractivity contribution < 1.29 is 9.13 Å². The fourth-order valence-corrected chi connectivity index (χ4v) is 3.01. The number of dihydropyridines is 1. The number of hydrogen-bond acceptors (Lipinski definition) is 6. The number of hydrogen-bond donors (Lipinski definition) is 1. The van der Waals surface area contributed by atoms with Gasteiger partial charge in [0.05, 0.1) is 25.0 Å². The molecule has 1 N–H and O–H groups in total. The van der Waals surface area contributed by atoms with Crippen molar-refractivity contribution in [2.24, 2.45) is 0 Å². The van der Waals surface area contributed by atoms with Crippen molar-refractivity contribution >= 4 is 11.2 Å². The molecule has 138 valence electrons. The minimum absolute atomic E-state index is 0.304. The number of rotatable bonds is 5. The molecule has 4 heterocycles. The third-order valence-electron chi connectivity index (χ3n) is 4.18. The van der Waals surface area contributed by atoms with Gasteiger partial charge in [-0.25, -0.2) is 9.37 Å². The van der Waals surface area contributed by atoms with E-state index in [9.17, 15) is 4.39 Å². The molecular formula is C19H19FN6O. The highest BCUT2D eigenvalue weighted by Crippen LogP contribution is 2.27. The Balaban J connectivity index is 1.92. The van der Waals surface area contributed by atoms with Crippen molar-refractivity contribution in [2.45, 2.75) is 20.4 Å². The maximum atomic E-state index is 13.8. The fourth-order valence-electron chi connectivity index (χ4n) is 3.01. The third kappa shape index (κ3) is 3.38. The number of aromatic nitrogens is 5. The van der Waals surface area contributed by atoms with Crippen LogP contribution in [0.15, 0.2) is 42.4 Å². The first-order valence-electron chi connectivity index (χ1n) is 8.73. The first-order valence-corrected chi connectivity index (χ1v) is 8.73. The van der Waals surface area contributed by atoms with Gasteiger partial charge in [0.25, 0.3) is 0 Å². The Morgan fingerprint density at radius 3 is 2.89 bits per heavy atom. The summed E-state index contributed by atoms with van der Waals surface area (Å²) < 4.78 is 21.2. The lowest BCUT2D eigenvalue weighted by atomic mass is 10.2. The summed E-state index contributed by atoms with van der Waals surface area (Å²) in [7, 11) is 0. The Morgan fingerprint density at radius 1 is 1.26 bits per heavy atom. The maximum absolute atomic E-state index is 13.8. The van der Waals surface area contributed by atoms with Gasteiger partial charge < -0.3 is 14.6 Å². The van der Waals surface area contributed by atoms with Crippen LogP contribution in [0.2, 0.25) is 0 Å². The average molecular weight is 366 g/mol. The number of allylic oxidation sites excluding steroid dienone is 2. The predicted molar refractivity (Wildman–Crippen MR) is 99.6 cm³/mol. The molecule has 0 amide bonds. The molecule has 3 aromatic heterocycles. The van der Waals surface area contributed by atoms with Crippen LogP contribution in [-0.2, 0) is 6.54 Å². The maximum Gasteiger partial charge on any atom is 0.318 e. The Bertz CT molecular complexity index is 1060. The quantitative estimate of drug-likeness (QED) is 0.748. The van der Waals surface area contributed by atoms with Gasteiger partial charge in [0.15, 0.2) is 5.65 Å². The number of nitrogens with one attached hydrogen (secondary N) is 1. The molecule has 4 rings (SSSR count). The van der Waals surface area contributed by atoms with Gasteiger partial charge in [0.1, 0.15) is 17.2 Å². The van der Waals surface area contributed by atoms with Crippen molar-refractivity contribution in [1.29, 1.82) is 0 Å². The monoisotopic (exact) mass is 366 g/mol. The Labute approximate surface area is 155 Å². The van der Waals surface area contributed by atoms with Crippen LogP contribution in [0.5, 0.6) is 6.01 Å². The highest BCUT2D eigenvalue weighted by molar-refractivity contribution is 5.79. The van der Waals surface area contributed by atoms with Crippen LogP contribution < -0.4 is 10.1 Å². The summed E-state index contributed by atoms with van der Waals surface area (Å²) in [5.74, 6) is 0.172. The number of halogens is 1. The number of aryl methyl sites for hydroxylation is 1. The lowest BCUT2D eigenvalue weighted by molar-refractivity contribution is 0.313. The first kappa shape index (κ1) is 17.1. The van der Waals surface area contributed by atoms with Gasteiger partial charge in [-0.2, -0.15) is 9.97 Å².